The fraction of sp³-hybridized carbons (Fsp3) is 0.368. The highest BCUT2D eigenvalue weighted by Gasteiger charge is 2.23. The molecule has 0 bridgehead atoms. The summed E-state index contributed by atoms with van der Waals surface area (Å²) in [5.74, 6) is -0.0915. The van der Waals surface area contributed by atoms with Crippen LogP contribution in [0.25, 0.3) is 16.7 Å². The molecule has 1 amide bonds. The second-order valence-corrected chi connectivity index (χ2v) is 8.32. The van der Waals surface area contributed by atoms with Gasteiger partial charge in [0, 0.05) is 5.54 Å². The average molecular weight is 385 g/mol. The molecule has 2 heterocycles. The maximum atomic E-state index is 12.4. The summed E-state index contributed by atoms with van der Waals surface area (Å²) in [5, 5.41) is 7.70. The van der Waals surface area contributed by atoms with E-state index in [0.717, 1.165) is 12.1 Å². The minimum atomic E-state index is -0.399. The number of nitrogens with one attached hydrogen (secondary N) is 2. The maximum Gasteiger partial charge on any atom is 0.262 e. The van der Waals surface area contributed by atoms with Crippen molar-refractivity contribution in [2.45, 2.75) is 50.1 Å². The summed E-state index contributed by atoms with van der Waals surface area (Å²) in [6, 6.07) is 9.49. The Hall–Kier alpha value is -2.61. The molecule has 0 radical (unpaired) electrons. The average Bonchev–Trinajstić information content (AvgIpc) is 3.06. The molecule has 1 atom stereocenters. The largest absolute Gasteiger partial charge is 0.350 e. The Labute approximate surface area is 161 Å². The van der Waals surface area contributed by atoms with E-state index in [0.29, 0.717) is 16.2 Å². The topological polar surface area (TPSA) is 92.7 Å². The summed E-state index contributed by atoms with van der Waals surface area (Å²) < 4.78 is 1.62. The Bertz CT molecular complexity index is 1010. The number of benzene rings is 1. The van der Waals surface area contributed by atoms with E-state index >= 15 is 0 Å². The van der Waals surface area contributed by atoms with Crippen molar-refractivity contribution < 1.29 is 4.79 Å². The van der Waals surface area contributed by atoms with E-state index in [9.17, 15) is 9.59 Å². The minimum absolute atomic E-state index is 0.0915. The SMILES string of the molecule is CCC(C)(C)NC(=O)C(C)Sc1nc2c(cnn2-c2ccccc2)c(=O)[nH]1. The summed E-state index contributed by atoms with van der Waals surface area (Å²) in [5.41, 5.74) is 0.736. The van der Waals surface area contributed by atoms with Gasteiger partial charge in [-0.1, -0.05) is 36.9 Å². The maximum absolute atomic E-state index is 12.4. The van der Waals surface area contributed by atoms with Crippen LogP contribution in [0.5, 0.6) is 0 Å². The van der Waals surface area contributed by atoms with E-state index in [4.69, 9.17) is 0 Å². The standard InChI is InChI=1S/C19H23N5O2S/c1-5-19(3,4)23-16(25)12(2)27-18-21-15-14(17(26)22-18)11-20-24(15)13-9-7-6-8-10-13/h6-12H,5H2,1-4H3,(H,23,25)(H,21,22,26). The predicted molar refractivity (Wildman–Crippen MR) is 107 cm³/mol. The van der Waals surface area contributed by atoms with Gasteiger partial charge in [0.1, 0.15) is 5.39 Å². The Morgan fingerprint density at radius 3 is 2.70 bits per heavy atom. The van der Waals surface area contributed by atoms with Crippen LogP contribution in [0.3, 0.4) is 0 Å². The molecule has 2 N–H and O–H groups in total. The first-order chi connectivity index (χ1) is 12.8. The highest BCUT2D eigenvalue weighted by atomic mass is 32.2. The number of amides is 1. The lowest BCUT2D eigenvalue weighted by Crippen LogP contribution is -2.46. The number of thioether (sulfide) groups is 1. The van der Waals surface area contributed by atoms with Crippen LogP contribution < -0.4 is 10.9 Å². The van der Waals surface area contributed by atoms with Crippen LogP contribution in [-0.2, 0) is 4.79 Å². The molecule has 0 aliphatic rings. The first-order valence-corrected chi connectivity index (χ1v) is 9.71. The van der Waals surface area contributed by atoms with Crippen molar-refractivity contribution in [1.82, 2.24) is 25.1 Å². The zero-order valence-corrected chi connectivity index (χ0v) is 16.6. The molecule has 2 aromatic heterocycles. The summed E-state index contributed by atoms with van der Waals surface area (Å²) >= 11 is 1.22. The second-order valence-electron chi connectivity index (χ2n) is 6.99. The fourth-order valence-electron chi connectivity index (χ4n) is 2.46. The first-order valence-electron chi connectivity index (χ1n) is 8.83. The van der Waals surface area contributed by atoms with E-state index in [1.807, 2.05) is 51.1 Å². The minimum Gasteiger partial charge on any atom is -0.350 e. The Morgan fingerprint density at radius 2 is 2.04 bits per heavy atom. The molecule has 0 aliphatic heterocycles. The molecule has 0 saturated heterocycles. The third-order valence-corrected chi connectivity index (χ3v) is 5.40. The van der Waals surface area contributed by atoms with Crippen molar-refractivity contribution in [1.29, 1.82) is 0 Å². The molecule has 8 heteroatoms. The predicted octanol–water partition coefficient (Wildman–Crippen LogP) is 2.89. The van der Waals surface area contributed by atoms with Gasteiger partial charge in [-0.2, -0.15) is 5.10 Å². The summed E-state index contributed by atoms with van der Waals surface area (Å²) in [7, 11) is 0. The van der Waals surface area contributed by atoms with Crippen molar-refractivity contribution >= 4 is 28.7 Å². The number of carbonyl (C=O) groups is 1. The van der Waals surface area contributed by atoms with Crippen molar-refractivity contribution in [3.8, 4) is 5.69 Å². The highest BCUT2D eigenvalue weighted by molar-refractivity contribution is 8.00. The van der Waals surface area contributed by atoms with Crippen LogP contribution in [0.15, 0.2) is 46.5 Å². The van der Waals surface area contributed by atoms with E-state index in [1.165, 1.54) is 18.0 Å². The van der Waals surface area contributed by atoms with Crippen LogP contribution in [0, 0.1) is 0 Å². The van der Waals surface area contributed by atoms with Gasteiger partial charge in [0.15, 0.2) is 10.8 Å². The zero-order valence-electron chi connectivity index (χ0n) is 15.8. The molecule has 0 saturated carbocycles. The van der Waals surface area contributed by atoms with Crippen molar-refractivity contribution in [2.24, 2.45) is 0 Å². The van der Waals surface area contributed by atoms with E-state index < -0.39 is 5.25 Å². The number of hydrogen-bond acceptors (Lipinski definition) is 5. The number of fused-ring (bicyclic) bond motifs is 1. The van der Waals surface area contributed by atoms with Crippen molar-refractivity contribution in [3.63, 3.8) is 0 Å². The molecular formula is C19H23N5O2S. The van der Waals surface area contributed by atoms with E-state index in [2.05, 4.69) is 20.4 Å². The first kappa shape index (κ1) is 19.2. The molecule has 1 unspecified atom stereocenters. The van der Waals surface area contributed by atoms with Gasteiger partial charge in [-0.3, -0.25) is 9.59 Å². The van der Waals surface area contributed by atoms with E-state index in [-0.39, 0.29) is 17.0 Å². The Morgan fingerprint density at radius 1 is 1.33 bits per heavy atom. The molecule has 27 heavy (non-hydrogen) atoms. The van der Waals surface area contributed by atoms with Gasteiger partial charge < -0.3 is 10.3 Å². The fourth-order valence-corrected chi connectivity index (χ4v) is 3.25. The number of carbonyl (C=O) groups excluding carboxylic acids is 1. The second kappa shape index (κ2) is 7.56. The molecule has 3 aromatic rings. The molecule has 3 rings (SSSR count). The number of rotatable bonds is 6. The number of aromatic nitrogens is 4. The summed E-state index contributed by atoms with van der Waals surface area (Å²) in [6.07, 6.45) is 2.33. The smallest absolute Gasteiger partial charge is 0.262 e. The van der Waals surface area contributed by atoms with Crippen LogP contribution in [0.2, 0.25) is 0 Å². The molecule has 7 nitrogen and oxygen atoms in total. The lowest BCUT2D eigenvalue weighted by Gasteiger charge is -2.26. The third kappa shape index (κ3) is 4.21. The Kier molecular flexibility index (Phi) is 5.36. The van der Waals surface area contributed by atoms with Crippen molar-refractivity contribution in [3.05, 3.63) is 46.9 Å². The summed E-state index contributed by atoms with van der Waals surface area (Å²) in [6.45, 7) is 7.78. The van der Waals surface area contributed by atoms with Gasteiger partial charge in [-0.05, 0) is 39.3 Å². The molecule has 0 spiro atoms. The molecule has 1 aromatic carbocycles. The van der Waals surface area contributed by atoms with Crippen LogP contribution in [0.1, 0.15) is 34.1 Å². The highest BCUT2D eigenvalue weighted by Crippen LogP contribution is 2.22. The molecule has 0 fully saturated rings. The van der Waals surface area contributed by atoms with Crippen LogP contribution in [-0.4, -0.2) is 36.4 Å². The zero-order chi connectivity index (χ0) is 19.6. The monoisotopic (exact) mass is 385 g/mol. The van der Waals surface area contributed by atoms with Gasteiger partial charge >= 0.3 is 0 Å². The normalized spacial score (nSPS) is 12.9. The molecule has 142 valence electrons. The number of para-hydroxylation sites is 1. The number of H-pyrrole nitrogens is 1. The number of aromatic amines is 1. The Balaban J connectivity index is 1.90. The summed E-state index contributed by atoms with van der Waals surface area (Å²) in [4.78, 5) is 32.1. The lowest BCUT2D eigenvalue weighted by atomic mass is 10.0. The van der Waals surface area contributed by atoms with Gasteiger partial charge in [0.25, 0.3) is 5.56 Å². The number of nitrogens with zero attached hydrogens (tertiary/aromatic N) is 3. The lowest BCUT2D eigenvalue weighted by molar-refractivity contribution is -0.121. The number of hydrogen-bond donors (Lipinski definition) is 2. The van der Waals surface area contributed by atoms with Gasteiger partial charge in [0.05, 0.1) is 17.1 Å². The van der Waals surface area contributed by atoms with Crippen LogP contribution >= 0.6 is 11.8 Å². The molecule has 0 aliphatic carbocycles. The van der Waals surface area contributed by atoms with Gasteiger partial charge in [-0.15, -0.1) is 0 Å². The third-order valence-electron chi connectivity index (χ3n) is 4.42. The van der Waals surface area contributed by atoms with Crippen LogP contribution in [0.4, 0.5) is 0 Å². The van der Waals surface area contributed by atoms with Gasteiger partial charge in [0.2, 0.25) is 5.91 Å². The van der Waals surface area contributed by atoms with Crippen molar-refractivity contribution in [2.75, 3.05) is 0 Å². The molecular weight excluding hydrogens is 362 g/mol. The van der Waals surface area contributed by atoms with E-state index in [1.54, 1.807) is 11.6 Å². The van der Waals surface area contributed by atoms with Gasteiger partial charge in [-0.25, -0.2) is 9.67 Å². The quantitative estimate of drug-likeness (QED) is 0.503.